The molecule has 0 bridgehead atoms. The van der Waals surface area contributed by atoms with E-state index in [2.05, 4.69) is 15.1 Å². The van der Waals surface area contributed by atoms with Gasteiger partial charge in [0.1, 0.15) is 0 Å². The van der Waals surface area contributed by atoms with E-state index in [1.54, 1.807) is 17.3 Å². The summed E-state index contributed by atoms with van der Waals surface area (Å²) in [6.07, 6.45) is 5.46. The number of piperidine rings is 1. The topological polar surface area (TPSA) is 72.5 Å². The van der Waals surface area contributed by atoms with Gasteiger partial charge < -0.3 is 14.9 Å². The van der Waals surface area contributed by atoms with Crippen molar-refractivity contribution in [2.75, 3.05) is 39.8 Å². The summed E-state index contributed by atoms with van der Waals surface area (Å²) in [5.74, 6) is 0.495. The molecule has 2 rings (SSSR count). The summed E-state index contributed by atoms with van der Waals surface area (Å²) >= 11 is 0. The first kappa shape index (κ1) is 14.0. The molecule has 0 radical (unpaired) electrons. The zero-order valence-corrected chi connectivity index (χ0v) is 11.4. The highest BCUT2D eigenvalue weighted by molar-refractivity contribution is 5.93. The molecule has 2 N–H and O–H groups in total. The van der Waals surface area contributed by atoms with Gasteiger partial charge >= 0.3 is 0 Å². The van der Waals surface area contributed by atoms with Gasteiger partial charge in [-0.3, -0.25) is 9.89 Å². The Balaban J connectivity index is 1.84. The molecule has 1 amide bonds. The number of aliphatic hydroxyl groups is 1. The van der Waals surface area contributed by atoms with Crippen molar-refractivity contribution in [2.45, 2.75) is 12.8 Å². The van der Waals surface area contributed by atoms with E-state index < -0.39 is 0 Å². The molecule has 1 aromatic heterocycles. The number of amides is 1. The van der Waals surface area contributed by atoms with Crippen LogP contribution in [0.3, 0.4) is 0 Å². The van der Waals surface area contributed by atoms with E-state index >= 15 is 0 Å². The minimum absolute atomic E-state index is 0.00744. The third kappa shape index (κ3) is 3.78. The molecule has 0 spiro atoms. The molecular weight excluding hydrogens is 244 g/mol. The summed E-state index contributed by atoms with van der Waals surface area (Å²) in [6.45, 7) is 3.71. The Morgan fingerprint density at radius 2 is 2.53 bits per heavy atom. The number of nitrogens with zero attached hydrogens (tertiary/aromatic N) is 3. The normalized spacial score (nSPS) is 20.4. The van der Waals surface area contributed by atoms with Crippen LogP contribution in [0.15, 0.2) is 12.4 Å². The largest absolute Gasteiger partial charge is 0.395 e. The summed E-state index contributed by atoms with van der Waals surface area (Å²) in [5.41, 5.74) is 0.602. The number of carbonyl (C=O) groups is 1. The Morgan fingerprint density at radius 1 is 1.68 bits per heavy atom. The molecule has 0 saturated carbocycles. The van der Waals surface area contributed by atoms with Crippen molar-refractivity contribution >= 4 is 5.91 Å². The standard InChI is InChI=1S/C13H22N4O2/c1-16(13(19)12-7-14-15-8-12)9-11-3-2-4-17(10-11)5-6-18/h7-8,11,18H,2-6,9-10H2,1H3,(H,14,15)/t11-/m1/s1. The number of likely N-dealkylation sites (tertiary alicyclic amines) is 1. The predicted octanol–water partition coefficient (Wildman–Crippen LogP) is 0.186. The van der Waals surface area contributed by atoms with E-state index in [-0.39, 0.29) is 12.5 Å². The Bertz CT molecular complexity index is 391. The van der Waals surface area contributed by atoms with Crippen LogP contribution in [0.5, 0.6) is 0 Å². The van der Waals surface area contributed by atoms with Gasteiger partial charge in [-0.15, -0.1) is 0 Å². The lowest BCUT2D eigenvalue weighted by atomic mass is 9.97. The number of aliphatic hydroxyl groups excluding tert-OH is 1. The Morgan fingerprint density at radius 3 is 3.21 bits per heavy atom. The van der Waals surface area contributed by atoms with Gasteiger partial charge in [-0.05, 0) is 25.3 Å². The smallest absolute Gasteiger partial charge is 0.256 e. The van der Waals surface area contributed by atoms with Crippen molar-refractivity contribution in [1.29, 1.82) is 0 Å². The first-order valence-electron chi connectivity index (χ1n) is 6.78. The molecule has 106 valence electrons. The average molecular weight is 266 g/mol. The van der Waals surface area contributed by atoms with Crippen molar-refractivity contribution < 1.29 is 9.90 Å². The highest BCUT2D eigenvalue weighted by Crippen LogP contribution is 2.17. The van der Waals surface area contributed by atoms with Crippen molar-refractivity contribution in [3.05, 3.63) is 18.0 Å². The third-order valence-electron chi connectivity index (χ3n) is 3.64. The van der Waals surface area contributed by atoms with Crippen LogP contribution < -0.4 is 0 Å². The molecule has 6 heteroatoms. The van der Waals surface area contributed by atoms with Gasteiger partial charge in [0.15, 0.2) is 0 Å². The number of aromatic nitrogens is 2. The van der Waals surface area contributed by atoms with Gasteiger partial charge in [-0.25, -0.2) is 0 Å². The molecule has 1 saturated heterocycles. The highest BCUT2D eigenvalue weighted by atomic mass is 16.3. The van der Waals surface area contributed by atoms with Crippen LogP contribution in [-0.2, 0) is 0 Å². The zero-order valence-electron chi connectivity index (χ0n) is 11.4. The number of nitrogens with one attached hydrogen (secondary N) is 1. The third-order valence-corrected chi connectivity index (χ3v) is 3.64. The van der Waals surface area contributed by atoms with Gasteiger partial charge in [0.25, 0.3) is 5.91 Å². The van der Waals surface area contributed by atoms with Crippen molar-refractivity contribution in [1.82, 2.24) is 20.0 Å². The van der Waals surface area contributed by atoms with E-state index in [4.69, 9.17) is 5.11 Å². The lowest BCUT2D eigenvalue weighted by Gasteiger charge is -2.34. The van der Waals surface area contributed by atoms with Crippen LogP contribution in [0.25, 0.3) is 0 Å². The summed E-state index contributed by atoms with van der Waals surface area (Å²) in [6, 6.07) is 0. The van der Waals surface area contributed by atoms with E-state index in [0.29, 0.717) is 11.5 Å². The summed E-state index contributed by atoms with van der Waals surface area (Å²) in [7, 11) is 1.83. The number of aromatic amines is 1. The maximum atomic E-state index is 12.1. The van der Waals surface area contributed by atoms with E-state index in [1.165, 1.54) is 0 Å². The molecule has 1 fully saturated rings. The molecule has 0 unspecified atom stereocenters. The lowest BCUT2D eigenvalue weighted by molar-refractivity contribution is 0.0716. The minimum Gasteiger partial charge on any atom is -0.395 e. The molecular formula is C13H22N4O2. The monoisotopic (exact) mass is 266 g/mol. The van der Waals surface area contributed by atoms with Crippen LogP contribution >= 0.6 is 0 Å². The van der Waals surface area contributed by atoms with Crippen LogP contribution in [0.2, 0.25) is 0 Å². The van der Waals surface area contributed by atoms with Crippen molar-refractivity contribution in [3.63, 3.8) is 0 Å². The van der Waals surface area contributed by atoms with Crippen LogP contribution in [0.1, 0.15) is 23.2 Å². The SMILES string of the molecule is CN(C[C@H]1CCCN(CCO)C1)C(=O)c1cn[nH]c1. The summed E-state index contributed by atoms with van der Waals surface area (Å²) < 4.78 is 0. The average Bonchev–Trinajstić information content (AvgIpc) is 2.92. The Hall–Kier alpha value is -1.40. The second-order valence-electron chi connectivity index (χ2n) is 5.21. The Labute approximate surface area is 113 Å². The first-order valence-corrected chi connectivity index (χ1v) is 6.78. The van der Waals surface area contributed by atoms with Gasteiger partial charge in [0, 0.05) is 32.9 Å². The van der Waals surface area contributed by atoms with Crippen molar-refractivity contribution in [3.8, 4) is 0 Å². The highest BCUT2D eigenvalue weighted by Gasteiger charge is 2.23. The number of hydrogen-bond acceptors (Lipinski definition) is 4. The number of rotatable bonds is 5. The van der Waals surface area contributed by atoms with Crippen LogP contribution in [0, 0.1) is 5.92 Å². The number of carbonyl (C=O) groups excluding carboxylic acids is 1. The summed E-state index contributed by atoms with van der Waals surface area (Å²) in [4.78, 5) is 16.1. The molecule has 1 aromatic rings. The second kappa shape index (κ2) is 6.68. The van der Waals surface area contributed by atoms with Gasteiger partial charge in [0.2, 0.25) is 0 Å². The predicted molar refractivity (Wildman–Crippen MR) is 71.8 cm³/mol. The fraction of sp³-hybridized carbons (Fsp3) is 0.692. The Kier molecular flexibility index (Phi) is 4.93. The van der Waals surface area contributed by atoms with Gasteiger partial charge in [0.05, 0.1) is 18.4 Å². The molecule has 1 aliphatic rings. The molecule has 1 atom stereocenters. The van der Waals surface area contributed by atoms with Crippen LogP contribution in [0.4, 0.5) is 0 Å². The molecule has 6 nitrogen and oxygen atoms in total. The first-order chi connectivity index (χ1) is 9.20. The van der Waals surface area contributed by atoms with Crippen LogP contribution in [-0.4, -0.2) is 70.8 Å². The van der Waals surface area contributed by atoms with Crippen molar-refractivity contribution in [2.24, 2.45) is 5.92 Å². The molecule has 2 heterocycles. The van der Waals surface area contributed by atoms with E-state index in [9.17, 15) is 4.79 Å². The van der Waals surface area contributed by atoms with E-state index in [1.807, 2.05) is 7.05 Å². The molecule has 0 aromatic carbocycles. The fourth-order valence-electron chi connectivity index (χ4n) is 2.70. The maximum Gasteiger partial charge on any atom is 0.256 e. The lowest BCUT2D eigenvalue weighted by Crippen LogP contribution is -2.42. The molecule has 0 aliphatic carbocycles. The number of H-pyrrole nitrogens is 1. The summed E-state index contributed by atoms with van der Waals surface area (Å²) in [5, 5.41) is 15.4. The molecule has 1 aliphatic heterocycles. The van der Waals surface area contributed by atoms with E-state index in [0.717, 1.165) is 39.0 Å². The fourth-order valence-corrected chi connectivity index (χ4v) is 2.70. The zero-order chi connectivity index (χ0) is 13.7. The molecule has 19 heavy (non-hydrogen) atoms. The number of β-amino-alcohol motifs (C(OH)–C–C–N with tert-alkyl or cyclic N) is 1. The number of hydrogen-bond donors (Lipinski definition) is 2. The quantitative estimate of drug-likeness (QED) is 0.798. The van der Waals surface area contributed by atoms with Gasteiger partial charge in [-0.2, -0.15) is 5.10 Å². The van der Waals surface area contributed by atoms with Gasteiger partial charge in [-0.1, -0.05) is 0 Å². The maximum absolute atomic E-state index is 12.1. The minimum atomic E-state index is 0.00744. The second-order valence-corrected chi connectivity index (χ2v) is 5.21.